The molecule has 3 amide bonds. The van der Waals surface area contributed by atoms with Gasteiger partial charge in [0.1, 0.15) is 11.6 Å². The normalized spacial score (nSPS) is 36.9. The summed E-state index contributed by atoms with van der Waals surface area (Å²) in [6, 6.07) is -0.462. The van der Waals surface area contributed by atoms with E-state index in [-0.39, 0.29) is 36.3 Å². The Labute approximate surface area is 190 Å². The van der Waals surface area contributed by atoms with Crippen molar-refractivity contribution in [1.82, 2.24) is 15.5 Å². The number of nitrogens with zero attached hydrogens (tertiary/aromatic N) is 1. The molecule has 5 aliphatic rings. The topological polar surface area (TPSA) is 87.7 Å². The van der Waals surface area contributed by atoms with Gasteiger partial charge in [0.2, 0.25) is 17.7 Å². The smallest absolute Gasteiger partial charge is 0.246 e. The van der Waals surface area contributed by atoms with E-state index in [9.17, 15) is 14.4 Å². The number of amides is 3. The summed E-state index contributed by atoms with van der Waals surface area (Å²) in [7, 11) is 0. The van der Waals surface area contributed by atoms with Crippen LogP contribution >= 0.6 is 0 Å². The van der Waals surface area contributed by atoms with Crippen molar-refractivity contribution in [3.8, 4) is 0 Å². The van der Waals surface area contributed by atoms with E-state index in [2.05, 4.69) is 17.2 Å². The van der Waals surface area contributed by atoms with Gasteiger partial charge in [-0.3, -0.25) is 14.4 Å². The van der Waals surface area contributed by atoms with E-state index in [0.29, 0.717) is 0 Å². The minimum absolute atomic E-state index is 0.113. The average molecular weight is 442 g/mol. The Balaban J connectivity index is 1.39. The Morgan fingerprint density at radius 1 is 1.03 bits per heavy atom. The quantitative estimate of drug-likeness (QED) is 0.619. The van der Waals surface area contributed by atoms with E-state index in [0.717, 1.165) is 51.4 Å². The molecule has 32 heavy (non-hydrogen) atoms. The van der Waals surface area contributed by atoms with Crippen LogP contribution < -0.4 is 10.6 Å². The number of nitrogens with one attached hydrogen (secondary N) is 2. The van der Waals surface area contributed by atoms with Gasteiger partial charge in [-0.2, -0.15) is 0 Å². The molecule has 1 spiro atoms. The molecular weight excluding hydrogens is 406 g/mol. The highest BCUT2D eigenvalue weighted by Gasteiger charge is 2.72. The summed E-state index contributed by atoms with van der Waals surface area (Å²) in [5.74, 6) is -1.71. The zero-order valence-corrected chi connectivity index (χ0v) is 18.8. The van der Waals surface area contributed by atoms with Crippen molar-refractivity contribution >= 4 is 17.7 Å². The summed E-state index contributed by atoms with van der Waals surface area (Å²) in [4.78, 5) is 42.0. The molecule has 2 bridgehead atoms. The Kier molecular flexibility index (Phi) is 5.86. The Bertz CT molecular complexity index is 814. The average Bonchev–Trinajstić information content (AvgIpc) is 3.43. The second-order valence-electron chi connectivity index (χ2n) is 10.2. The first-order valence-electron chi connectivity index (χ1n) is 12.4. The molecule has 5 rings (SSSR count). The maximum atomic E-state index is 13.6. The molecule has 0 unspecified atom stereocenters. The molecule has 2 aliphatic carbocycles. The highest BCUT2D eigenvalue weighted by Crippen LogP contribution is 2.55. The monoisotopic (exact) mass is 441 g/mol. The van der Waals surface area contributed by atoms with E-state index in [4.69, 9.17) is 4.74 Å². The Hall–Kier alpha value is -2.15. The lowest BCUT2D eigenvalue weighted by Gasteiger charge is -2.33. The number of fused-ring (bicyclic) bond motifs is 1. The van der Waals surface area contributed by atoms with Crippen LogP contribution in [0.5, 0.6) is 0 Å². The van der Waals surface area contributed by atoms with Gasteiger partial charge in [0, 0.05) is 18.6 Å². The van der Waals surface area contributed by atoms with E-state index in [1.807, 2.05) is 12.2 Å². The van der Waals surface area contributed by atoms with Crippen LogP contribution in [0.25, 0.3) is 0 Å². The zero-order valence-electron chi connectivity index (χ0n) is 18.8. The molecule has 0 aromatic heterocycles. The van der Waals surface area contributed by atoms with Crippen molar-refractivity contribution in [3.63, 3.8) is 0 Å². The molecule has 5 atom stereocenters. The van der Waals surface area contributed by atoms with Gasteiger partial charge in [-0.15, -0.1) is 6.58 Å². The molecule has 174 valence electrons. The molecule has 4 fully saturated rings. The van der Waals surface area contributed by atoms with E-state index >= 15 is 0 Å². The first kappa shape index (κ1) is 21.7. The molecular formula is C25H35N3O4. The van der Waals surface area contributed by atoms with Crippen LogP contribution in [0.4, 0.5) is 0 Å². The number of hydrogen-bond acceptors (Lipinski definition) is 4. The minimum Gasteiger partial charge on any atom is -0.359 e. The van der Waals surface area contributed by atoms with E-state index < -0.39 is 29.6 Å². The zero-order chi connectivity index (χ0) is 22.3. The fourth-order valence-corrected chi connectivity index (χ4v) is 6.67. The van der Waals surface area contributed by atoms with Crippen LogP contribution in [0.3, 0.4) is 0 Å². The molecule has 2 saturated heterocycles. The van der Waals surface area contributed by atoms with E-state index in [1.54, 1.807) is 11.0 Å². The lowest BCUT2D eigenvalue weighted by atomic mass is 9.74. The standard InChI is InChI=1S/C25H35N3O4/c1-2-15-28-21(23(30)27-17-11-7-4-8-12-17)25-14-13-18(32-25)19(20(25)24(28)31)22(29)26-16-9-5-3-6-10-16/h2,13-14,16-21H,1,3-12,15H2,(H,26,29)(H,27,30)/t18-,19+,20-,21+,25+/m1/s1. The molecule has 7 heteroatoms. The lowest BCUT2D eigenvalue weighted by Crippen LogP contribution is -2.56. The van der Waals surface area contributed by atoms with Crippen LogP contribution in [0.15, 0.2) is 24.8 Å². The van der Waals surface area contributed by atoms with Crippen LogP contribution in [0.1, 0.15) is 64.2 Å². The van der Waals surface area contributed by atoms with Crippen molar-refractivity contribution in [2.24, 2.45) is 11.8 Å². The molecule has 2 saturated carbocycles. The third-order valence-corrected chi connectivity index (χ3v) is 8.15. The summed E-state index contributed by atoms with van der Waals surface area (Å²) in [5.41, 5.74) is -1.07. The first-order valence-corrected chi connectivity index (χ1v) is 12.4. The minimum atomic E-state index is -1.07. The van der Waals surface area contributed by atoms with E-state index in [1.165, 1.54) is 12.8 Å². The molecule has 0 radical (unpaired) electrons. The molecule has 3 aliphatic heterocycles. The summed E-state index contributed by atoms with van der Waals surface area (Å²) >= 11 is 0. The summed E-state index contributed by atoms with van der Waals surface area (Å²) < 4.78 is 6.35. The molecule has 7 nitrogen and oxygen atoms in total. The number of ether oxygens (including phenoxy) is 1. The maximum absolute atomic E-state index is 13.6. The molecule has 3 heterocycles. The highest BCUT2D eigenvalue weighted by atomic mass is 16.5. The van der Waals surface area contributed by atoms with Gasteiger partial charge in [-0.1, -0.05) is 56.8 Å². The van der Waals surface area contributed by atoms with Crippen molar-refractivity contribution in [2.45, 2.75) is 94.0 Å². The second-order valence-corrected chi connectivity index (χ2v) is 10.2. The molecule has 0 aromatic rings. The van der Waals surface area contributed by atoms with Gasteiger partial charge in [0.05, 0.1) is 17.9 Å². The summed E-state index contributed by atoms with van der Waals surface area (Å²) in [6.07, 6.45) is 15.7. The number of carbonyl (C=O) groups excluding carboxylic acids is 3. The Morgan fingerprint density at radius 3 is 2.22 bits per heavy atom. The number of carbonyl (C=O) groups is 3. The van der Waals surface area contributed by atoms with Gasteiger partial charge in [0.15, 0.2) is 0 Å². The van der Waals surface area contributed by atoms with Gasteiger partial charge >= 0.3 is 0 Å². The van der Waals surface area contributed by atoms with Crippen molar-refractivity contribution < 1.29 is 19.1 Å². The fourth-order valence-electron chi connectivity index (χ4n) is 6.67. The largest absolute Gasteiger partial charge is 0.359 e. The third-order valence-electron chi connectivity index (χ3n) is 8.15. The lowest BCUT2D eigenvalue weighted by molar-refractivity contribution is -0.141. The van der Waals surface area contributed by atoms with Crippen LogP contribution in [-0.4, -0.2) is 59.0 Å². The second kappa shape index (κ2) is 8.65. The fraction of sp³-hybridized carbons (Fsp3) is 0.720. The van der Waals surface area contributed by atoms with Gasteiger partial charge in [0.25, 0.3) is 0 Å². The maximum Gasteiger partial charge on any atom is 0.246 e. The van der Waals surface area contributed by atoms with Gasteiger partial charge < -0.3 is 20.3 Å². The predicted molar refractivity (Wildman–Crippen MR) is 119 cm³/mol. The SMILES string of the molecule is C=CCN1C(=O)[C@H]2[C@@H](C(=O)NC3CCCCC3)[C@H]3C=C[C@@]2(O3)[C@@H]1C(=O)NC1CCCCC1. The third kappa shape index (κ3) is 3.49. The molecule has 0 aromatic carbocycles. The van der Waals surface area contributed by atoms with Gasteiger partial charge in [-0.05, 0) is 25.7 Å². The van der Waals surface area contributed by atoms with Gasteiger partial charge in [-0.25, -0.2) is 0 Å². The van der Waals surface area contributed by atoms with Crippen LogP contribution in [0.2, 0.25) is 0 Å². The predicted octanol–water partition coefficient (Wildman–Crippen LogP) is 2.22. The van der Waals surface area contributed by atoms with Crippen molar-refractivity contribution in [2.75, 3.05) is 6.54 Å². The number of likely N-dealkylation sites (tertiary alicyclic amines) is 1. The summed E-state index contributed by atoms with van der Waals surface area (Å²) in [6.45, 7) is 4.05. The molecule has 2 N–H and O–H groups in total. The van der Waals surface area contributed by atoms with Crippen molar-refractivity contribution in [1.29, 1.82) is 0 Å². The number of hydrogen-bond donors (Lipinski definition) is 2. The van der Waals surface area contributed by atoms with Crippen LogP contribution in [0, 0.1) is 11.8 Å². The Morgan fingerprint density at radius 2 is 1.62 bits per heavy atom. The highest BCUT2D eigenvalue weighted by molar-refractivity contribution is 6.00. The number of rotatable bonds is 6. The van der Waals surface area contributed by atoms with Crippen molar-refractivity contribution in [3.05, 3.63) is 24.8 Å². The van der Waals surface area contributed by atoms with Crippen LogP contribution in [-0.2, 0) is 19.1 Å². The first-order chi connectivity index (χ1) is 15.5. The summed E-state index contributed by atoms with van der Waals surface area (Å²) in [5, 5.41) is 6.38.